The second kappa shape index (κ2) is 8.23. The van der Waals surface area contributed by atoms with Gasteiger partial charge in [-0.15, -0.1) is 10.2 Å². The molecule has 0 saturated carbocycles. The monoisotopic (exact) mass is 420 g/mol. The number of aryl methyl sites for hydroxylation is 1. The van der Waals surface area contributed by atoms with E-state index in [1.807, 2.05) is 25.1 Å². The van der Waals surface area contributed by atoms with Gasteiger partial charge in [0.05, 0.1) is 5.69 Å². The molecule has 2 N–H and O–H groups in total. The van der Waals surface area contributed by atoms with Crippen molar-refractivity contribution in [3.8, 4) is 34.0 Å². The molecule has 2 aliphatic heterocycles. The van der Waals surface area contributed by atoms with E-state index in [0.29, 0.717) is 29.6 Å². The lowest BCUT2D eigenvalue weighted by Gasteiger charge is -2.42. The van der Waals surface area contributed by atoms with Crippen LogP contribution in [0, 0.1) is 6.92 Å². The third kappa shape index (κ3) is 4.10. The van der Waals surface area contributed by atoms with E-state index < -0.39 is 12.3 Å². The van der Waals surface area contributed by atoms with Gasteiger partial charge >= 0.3 is 0 Å². The second-order valence-corrected chi connectivity index (χ2v) is 8.48. The van der Waals surface area contributed by atoms with Crippen molar-refractivity contribution in [1.82, 2.24) is 20.5 Å². The Bertz CT molecular complexity index is 1080. The summed E-state index contributed by atoms with van der Waals surface area (Å²) in [6.07, 6.45) is 5.60. The lowest BCUT2D eigenvalue weighted by Crippen LogP contribution is -2.59. The largest absolute Gasteiger partial charge is 0.507 e. The molecule has 1 aromatic carbocycles. The molecule has 2 fully saturated rings. The van der Waals surface area contributed by atoms with Gasteiger partial charge < -0.3 is 15.2 Å². The van der Waals surface area contributed by atoms with Gasteiger partial charge in [-0.2, -0.15) is 0 Å². The Morgan fingerprint density at radius 3 is 2.74 bits per heavy atom. The Balaban J connectivity index is 1.32. The van der Waals surface area contributed by atoms with Gasteiger partial charge in [-0.25, -0.2) is 4.39 Å². The zero-order valence-electron chi connectivity index (χ0n) is 17.3. The highest BCUT2D eigenvalue weighted by Gasteiger charge is 2.41. The van der Waals surface area contributed by atoms with Gasteiger partial charge in [0, 0.05) is 48.1 Å². The topological polar surface area (TPSA) is 80.2 Å². The van der Waals surface area contributed by atoms with Crippen molar-refractivity contribution in [2.75, 3.05) is 0 Å². The number of hydrogen-bond acceptors (Lipinski definition) is 6. The molecule has 0 aliphatic carbocycles. The Labute approximate surface area is 180 Å². The molecular formula is C24H25FN4O2. The van der Waals surface area contributed by atoms with Crippen molar-refractivity contribution in [3.05, 3.63) is 54.4 Å². The molecule has 2 aromatic heterocycles. The third-order valence-electron chi connectivity index (χ3n) is 6.17. The molecule has 0 spiro atoms. The molecule has 2 bridgehead atoms. The number of hydrogen-bond donors (Lipinski definition) is 2. The molecule has 0 unspecified atom stereocenters. The number of halogens is 1. The first-order chi connectivity index (χ1) is 15.1. The highest BCUT2D eigenvalue weighted by atomic mass is 19.1. The Hall–Kier alpha value is -3.06. The number of ether oxygens (including phenoxy) is 1. The molecule has 6 nitrogen and oxygen atoms in total. The molecular weight excluding hydrogens is 395 g/mol. The minimum absolute atomic E-state index is 0.108. The summed E-state index contributed by atoms with van der Waals surface area (Å²) in [6.45, 7) is 1.98. The quantitative estimate of drug-likeness (QED) is 0.658. The maximum Gasteiger partial charge on any atom is 0.233 e. The van der Waals surface area contributed by atoms with Crippen LogP contribution in [0.4, 0.5) is 4.39 Å². The number of aromatic hydroxyl groups is 1. The van der Waals surface area contributed by atoms with Crippen LogP contribution in [0.5, 0.6) is 11.6 Å². The molecule has 0 amide bonds. The van der Waals surface area contributed by atoms with Crippen molar-refractivity contribution in [2.45, 2.75) is 57.0 Å². The number of benzene rings is 1. The Kier molecular flexibility index (Phi) is 5.28. The third-order valence-corrected chi connectivity index (χ3v) is 6.17. The number of nitrogens with zero attached hydrogens (tertiary/aromatic N) is 3. The van der Waals surface area contributed by atoms with Crippen molar-refractivity contribution >= 4 is 0 Å². The molecule has 5 rings (SSSR count). The zero-order chi connectivity index (χ0) is 21.4. The molecule has 4 atom stereocenters. The van der Waals surface area contributed by atoms with Gasteiger partial charge in [-0.05, 0) is 55.2 Å². The summed E-state index contributed by atoms with van der Waals surface area (Å²) >= 11 is 0. The number of phenols is 1. The van der Waals surface area contributed by atoms with Gasteiger partial charge in [-0.3, -0.25) is 4.98 Å². The van der Waals surface area contributed by atoms with E-state index in [1.165, 1.54) is 0 Å². The molecule has 31 heavy (non-hydrogen) atoms. The first-order valence-electron chi connectivity index (χ1n) is 10.7. The summed E-state index contributed by atoms with van der Waals surface area (Å²) in [5.41, 5.74) is 3.95. The molecule has 2 saturated heterocycles. The van der Waals surface area contributed by atoms with Crippen LogP contribution in [0.2, 0.25) is 0 Å². The van der Waals surface area contributed by atoms with Crippen molar-refractivity contribution in [2.24, 2.45) is 0 Å². The average Bonchev–Trinajstić information content (AvgIpc) is 2.78. The summed E-state index contributed by atoms with van der Waals surface area (Å²) in [5.74, 6) is 0.412. The highest BCUT2D eigenvalue weighted by Crippen LogP contribution is 2.34. The number of pyridine rings is 1. The first kappa shape index (κ1) is 19.9. The van der Waals surface area contributed by atoms with Crippen LogP contribution < -0.4 is 10.1 Å². The molecule has 2 aliphatic rings. The van der Waals surface area contributed by atoms with Gasteiger partial charge in [0.2, 0.25) is 5.88 Å². The maximum absolute atomic E-state index is 14.7. The van der Waals surface area contributed by atoms with E-state index >= 15 is 0 Å². The summed E-state index contributed by atoms with van der Waals surface area (Å²) < 4.78 is 20.6. The van der Waals surface area contributed by atoms with Crippen LogP contribution in [0.3, 0.4) is 0 Å². The number of piperidine rings is 2. The van der Waals surface area contributed by atoms with E-state index in [1.54, 1.807) is 30.6 Å². The van der Waals surface area contributed by atoms with Crippen LogP contribution in [0.15, 0.2) is 48.8 Å². The predicted octanol–water partition coefficient (Wildman–Crippen LogP) is 4.22. The predicted molar refractivity (Wildman–Crippen MR) is 116 cm³/mol. The smallest absolute Gasteiger partial charge is 0.233 e. The second-order valence-electron chi connectivity index (χ2n) is 8.48. The highest BCUT2D eigenvalue weighted by molar-refractivity contribution is 5.74. The lowest BCUT2D eigenvalue weighted by molar-refractivity contribution is 0.00652. The fourth-order valence-electron chi connectivity index (χ4n) is 4.60. The number of phenolic OH excluding ortho intramolecular Hbond substituents is 1. The van der Waals surface area contributed by atoms with Crippen molar-refractivity contribution in [1.29, 1.82) is 0 Å². The number of alkyl halides is 1. The fourth-order valence-corrected chi connectivity index (χ4v) is 4.60. The van der Waals surface area contributed by atoms with E-state index in [-0.39, 0.29) is 11.8 Å². The van der Waals surface area contributed by atoms with Gasteiger partial charge in [0.1, 0.15) is 11.9 Å². The summed E-state index contributed by atoms with van der Waals surface area (Å²) in [4.78, 5) is 4.20. The molecule has 7 heteroatoms. The number of aromatic nitrogens is 3. The van der Waals surface area contributed by atoms with Crippen LogP contribution in [-0.4, -0.2) is 44.6 Å². The number of rotatable bonds is 4. The van der Waals surface area contributed by atoms with Crippen molar-refractivity contribution in [3.63, 3.8) is 0 Å². The van der Waals surface area contributed by atoms with Crippen LogP contribution in [-0.2, 0) is 0 Å². The van der Waals surface area contributed by atoms with Crippen LogP contribution in [0.1, 0.15) is 31.2 Å². The van der Waals surface area contributed by atoms with Gasteiger partial charge in [0.15, 0.2) is 6.17 Å². The number of nitrogens with one attached hydrogen (secondary N) is 1. The summed E-state index contributed by atoms with van der Waals surface area (Å²) in [6, 6.07) is 11.0. The van der Waals surface area contributed by atoms with Crippen LogP contribution >= 0.6 is 0 Å². The zero-order valence-corrected chi connectivity index (χ0v) is 17.3. The van der Waals surface area contributed by atoms with E-state index in [9.17, 15) is 9.50 Å². The summed E-state index contributed by atoms with van der Waals surface area (Å²) in [7, 11) is 0. The van der Waals surface area contributed by atoms with Crippen LogP contribution in [0.25, 0.3) is 22.4 Å². The molecule has 4 heterocycles. The van der Waals surface area contributed by atoms with Gasteiger partial charge in [-0.1, -0.05) is 12.5 Å². The molecule has 160 valence electrons. The summed E-state index contributed by atoms with van der Waals surface area (Å²) in [5, 5.41) is 22.2. The maximum atomic E-state index is 14.7. The molecule has 0 radical (unpaired) electrons. The normalized spacial score (nSPS) is 25.2. The minimum atomic E-state index is -1.05. The molecule has 3 aromatic rings. The average molecular weight is 420 g/mol. The lowest BCUT2D eigenvalue weighted by atomic mass is 9.84. The minimum Gasteiger partial charge on any atom is -0.507 e. The SMILES string of the molecule is Cc1cncc(-c2ccc(-c3ccc(O[C@@H]4C[C@H]5CCC[C@H](N5)[C@@H]4F)nn3)c(O)c2)c1. The van der Waals surface area contributed by atoms with E-state index in [0.717, 1.165) is 36.0 Å². The Morgan fingerprint density at radius 1 is 1.06 bits per heavy atom. The Morgan fingerprint density at radius 2 is 1.97 bits per heavy atom. The fraction of sp³-hybridized carbons (Fsp3) is 0.375. The van der Waals surface area contributed by atoms with Crippen molar-refractivity contribution < 1.29 is 14.2 Å². The van der Waals surface area contributed by atoms with E-state index in [2.05, 4.69) is 20.5 Å². The van der Waals surface area contributed by atoms with E-state index in [4.69, 9.17) is 4.74 Å². The number of fused-ring (bicyclic) bond motifs is 2. The first-order valence-corrected chi connectivity index (χ1v) is 10.7. The van der Waals surface area contributed by atoms with Gasteiger partial charge in [0.25, 0.3) is 0 Å². The standard InChI is InChI=1S/C24H25FN4O2/c1-14-9-16(13-26-12-14)15-5-6-18(21(30)10-15)19-7-8-23(29-28-19)31-22-11-17-3-2-4-20(27-17)24(22)25/h5-10,12-13,17,20,22,24,27,30H,2-4,11H2,1H3/t17-,20+,22-,24+/m1/s1.